The number of carbonyl (C=O) groups is 2. The van der Waals surface area contributed by atoms with Crippen LogP contribution in [0.1, 0.15) is 25.8 Å². The lowest BCUT2D eigenvalue weighted by atomic mass is 10.1. The van der Waals surface area contributed by atoms with Crippen molar-refractivity contribution in [3.05, 3.63) is 29.8 Å². The van der Waals surface area contributed by atoms with E-state index < -0.39 is 5.97 Å². The van der Waals surface area contributed by atoms with Gasteiger partial charge in [-0.3, -0.25) is 9.59 Å². The maximum absolute atomic E-state index is 11.5. The predicted molar refractivity (Wildman–Crippen MR) is 71.2 cm³/mol. The first-order valence-electron chi connectivity index (χ1n) is 6.24. The third kappa shape index (κ3) is 5.90. The van der Waals surface area contributed by atoms with Gasteiger partial charge in [0.05, 0.1) is 6.42 Å². The van der Waals surface area contributed by atoms with Gasteiger partial charge in [-0.25, -0.2) is 0 Å². The zero-order valence-corrected chi connectivity index (χ0v) is 11.2. The van der Waals surface area contributed by atoms with Crippen molar-refractivity contribution in [2.45, 2.75) is 32.7 Å². The normalized spacial score (nSPS) is 11.7. The molecular formula is C14H19NO4. The van der Waals surface area contributed by atoms with Crippen LogP contribution in [0, 0.1) is 0 Å². The van der Waals surface area contributed by atoms with Gasteiger partial charge in [0.1, 0.15) is 5.75 Å². The summed E-state index contributed by atoms with van der Waals surface area (Å²) in [6, 6.07) is 6.81. The summed E-state index contributed by atoms with van der Waals surface area (Å²) in [5, 5.41) is 11.4. The molecule has 5 heteroatoms. The average Bonchev–Trinajstić information content (AvgIpc) is 2.37. The molecule has 0 aromatic heterocycles. The van der Waals surface area contributed by atoms with Crippen LogP contribution in [0.2, 0.25) is 0 Å². The highest BCUT2D eigenvalue weighted by Crippen LogP contribution is 2.12. The number of ether oxygens (including phenoxy) is 1. The zero-order chi connectivity index (χ0) is 14.3. The molecule has 1 aromatic carbocycles. The van der Waals surface area contributed by atoms with Crippen LogP contribution in [0.25, 0.3) is 0 Å². The van der Waals surface area contributed by atoms with Crippen molar-refractivity contribution in [1.82, 2.24) is 5.32 Å². The second-order valence-electron chi connectivity index (χ2n) is 4.38. The number of hydrogen-bond donors (Lipinski definition) is 2. The lowest BCUT2D eigenvalue weighted by molar-refractivity contribution is -0.136. The minimum atomic E-state index is -0.874. The quantitative estimate of drug-likeness (QED) is 0.785. The molecule has 0 bridgehead atoms. The first-order valence-corrected chi connectivity index (χ1v) is 6.24. The maximum atomic E-state index is 11.5. The number of carboxylic acid groups (broad SMARTS) is 1. The third-order valence-corrected chi connectivity index (χ3v) is 2.67. The number of amides is 1. The summed E-state index contributed by atoms with van der Waals surface area (Å²) in [5.74, 6) is -0.487. The van der Waals surface area contributed by atoms with Crippen molar-refractivity contribution in [2.75, 3.05) is 6.61 Å². The van der Waals surface area contributed by atoms with E-state index in [-0.39, 0.29) is 25.0 Å². The molecule has 1 unspecified atom stereocenters. The van der Waals surface area contributed by atoms with E-state index in [4.69, 9.17) is 9.84 Å². The predicted octanol–water partition coefficient (Wildman–Crippen LogP) is 1.61. The highest BCUT2D eigenvalue weighted by molar-refractivity contribution is 5.77. The highest BCUT2D eigenvalue weighted by atomic mass is 16.5. The fraction of sp³-hybridized carbons (Fsp3) is 0.429. The SMILES string of the molecule is CCC(C)NC(=O)COc1ccc(CC(=O)O)cc1. The summed E-state index contributed by atoms with van der Waals surface area (Å²) < 4.78 is 5.31. The van der Waals surface area contributed by atoms with E-state index in [1.54, 1.807) is 24.3 Å². The molecule has 0 fully saturated rings. The standard InChI is InChI=1S/C14H19NO4/c1-3-10(2)15-13(16)9-19-12-6-4-11(5-7-12)8-14(17)18/h4-7,10H,3,8-9H2,1-2H3,(H,15,16)(H,17,18). The molecule has 0 heterocycles. The minimum absolute atomic E-state index is 0.0191. The van der Waals surface area contributed by atoms with Gasteiger partial charge in [0.2, 0.25) is 0 Å². The molecule has 0 aliphatic heterocycles. The summed E-state index contributed by atoms with van der Waals surface area (Å²) in [4.78, 5) is 22.0. The summed E-state index contributed by atoms with van der Waals surface area (Å²) in [6.45, 7) is 3.88. The Balaban J connectivity index is 2.41. The summed E-state index contributed by atoms with van der Waals surface area (Å²) >= 11 is 0. The molecule has 2 N–H and O–H groups in total. The van der Waals surface area contributed by atoms with E-state index in [1.807, 2.05) is 13.8 Å². The fourth-order valence-corrected chi connectivity index (χ4v) is 1.45. The molecule has 0 spiro atoms. The number of hydrogen-bond acceptors (Lipinski definition) is 3. The maximum Gasteiger partial charge on any atom is 0.307 e. The van der Waals surface area contributed by atoms with E-state index in [1.165, 1.54) is 0 Å². The van der Waals surface area contributed by atoms with Gasteiger partial charge in [0, 0.05) is 6.04 Å². The van der Waals surface area contributed by atoms with Crippen LogP contribution in [-0.2, 0) is 16.0 Å². The Kier molecular flexibility index (Phi) is 5.85. The van der Waals surface area contributed by atoms with Crippen molar-refractivity contribution in [2.24, 2.45) is 0 Å². The smallest absolute Gasteiger partial charge is 0.307 e. The minimum Gasteiger partial charge on any atom is -0.484 e. The molecule has 5 nitrogen and oxygen atoms in total. The van der Waals surface area contributed by atoms with Gasteiger partial charge < -0.3 is 15.2 Å². The molecule has 1 aromatic rings. The van der Waals surface area contributed by atoms with Crippen LogP contribution in [0.15, 0.2) is 24.3 Å². The molecule has 0 saturated carbocycles. The highest BCUT2D eigenvalue weighted by Gasteiger charge is 2.06. The number of aliphatic carboxylic acids is 1. The van der Waals surface area contributed by atoms with Crippen molar-refractivity contribution in [3.63, 3.8) is 0 Å². The van der Waals surface area contributed by atoms with Gasteiger partial charge in [0.15, 0.2) is 6.61 Å². The van der Waals surface area contributed by atoms with Gasteiger partial charge in [0.25, 0.3) is 5.91 Å². The molecule has 1 amide bonds. The second-order valence-corrected chi connectivity index (χ2v) is 4.38. The Morgan fingerprint density at radius 2 is 1.95 bits per heavy atom. The number of carboxylic acids is 1. The van der Waals surface area contributed by atoms with Crippen molar-refractivity contribution in [3.8, 4) is 5.75 Å². The van der Waals surface area contributed by atoms with E-state index in [0.717, 1.165) is 6.42 Å². The Morgan fingerprint density at radius 3 is 2.47 bits per heavy atom. The Hall–Kier alpha value is -2.04. The molecule has 19 heavy (non-hydrogen) atoms. The topological polar surface area (TPSA) is 75.6 Å². The van der Waals surface area contributed by atoms with Crippen LogP contribution in [0.5, 0.6) is 5.75 Å². The van der Waals surface area contributed by atoms with Crippen LogP contribution in [0.4, 0.5) is 0 Å². The number of nitrogens with one attached hydrogen (secondary N) is 1. The molecule has 0 aliphatic rings. The van der Waals surface area contributed by atoms with Gasteiger partial charge in [-0.15, -0.1) is 0 Å². The number of benzene rings is 1. The Bertz CT molecular complexity index is 428. The van der Waals surface area contributed by atoms with E-state index in [9.17, 15) is 9.59 Å². The van der Waals surface area contributed by atoms with Crippen molar-refractivity contribution in [1.29, 1.82) is 0 Å². The first-order chi connectivity index (χ1) is 9.01. The molecule has 1 rings (SSSR count). The molecule has 0 aliphatic carbocycles. The van der Waals surface area contributed by atoms with Crippen LogP contribution in [-0.4, -0.2) is 29.6 Å². The molecule has 1 atom stereocenters. The summed E-state index contributed by atoms with van der Waals surface area (Å²) in [5.41, 5.74) is 0.698. The Labute approximate surface area is 112 Å². The fourth-order valence-electron chi connectivity index (χ4n) is 1.45. The zero-order valence-electron chi connectivity index (χ0n) is 11.2. The van der Waals surface area contributed by atoms with Crippen LogP contribution in [0.3, 0.4) is 0 Å². The second kappa shape index (κ2) is 7.41. The van der Waals surface area contributed by atoms with Gasteiger partial charge in [-0.1, -0.05) is 19.1 Å². The van der Waals surface area contributed by atoms with E-state index in [0.29, 0.717) is 11.3 Å². The Morgan fingerprint density at radius 1 is 1.32 bits per heavy atom. The third-order valence-electron chi connectivity index (χ3n) is 2.67. The van der Waals surface area contributed by atoms with Gasteiger partial charge in [-0.2, -0.15) is 0 Å². The molecule has 104 valence electrons. The number of rotatable bonds is 7. The van der Waals surface area contributed by atoms with Crippen molar-refractivity contribution < 1.29 is 19.4 Å². The summed E-state index contributed by atoms with van der Waals surface area (Å²) in [6.07, 6.45) is 0.852. The van der Waals surface area contributed by atoms with E-state index >= 15 is 0 Å². The largest absolute Gasteiger partial charge is 0.484 e. The average molecular weight is 265 g/mol. The molecule has 0 saturated heterocycles. The lowest BCUT2D eigenvalue weighted by Gasteiger charge is -2.12. The lowest BCUT2D eigenvalue weighted by Crippen LogP contribution is -2.35. The van der Waals surface area contributed by atoms with Crippen LogP contribution < -0.4 is 10.1 Å². The molecule has 0 radical (unpaired) electrons. The molecular weight excluding hydrogens is 246 g/mol. The van der Waals surface area contributed by atoms with Crippen LogP contribution >= 0.6 is 0 Å². The number of carbonyl (C=O) groups excluding carboxylic acids is 1. The monoisotopic (exact) mass is 265 g/mol. The van der Waals surface area contributed by atoms with Gasteiger partial charge >= 0.3 is 5.97 Å². The van der Waals surface area contributed by atoms with Crippen molar-refractivity contribution >= 4 is 11.9 Å². The van der Waals surface area contributed by atoms with Gasteiger partial charge in [-0.05, 0) is 31.0 Å². The van der Waals surface area contributed by atoms with E-state index in [2.05, 4.69) is 5.32 Å². The first kappa shape index (κ1) is 15.0. The summed E-state index contributed by atoms with van der Waals surface area (Å²) in [7, 11) is 0.